The van der Waals surface area contributed by atoms with Crippen LogP contribution in [0.3, 0.4) is 0 Å². The highest BCUT2D eigenvalue weighted by atomic mass is 16.7. The highest BCUT2D eigenvalue weighted by Crippen LogP contribution is 2.35. The second-order valence-electron chi connectivity index (χ2n) is 6.71. The largest absolute Gasteiger partial charge is 0.481 e. The zero-order valence-electron chi connectivity index (χ0n) is 16.4. The lowest BCUT2D eigenvalue weighted by atomic mass is 10.1. The average molecular weight is 407 g/mol. The predicted molar refractivity (Wildman–Crippen MR) is 110 cm³/mol. The van der Waals surface area contributed by atoms with Crippen LogP contribution in [0.15, 0.2) is 65.5 Å². The van der Waals surface area contributed by atoms with Crippen LogP contribution >= 0.6 is 0 Å². The monoisotopic (exact) mass is 407 g/mol. The molecule has 8 heteroatoms. The highest BCUT2D eigenvalue weighted by molar-refractivity contribution is 5.80. The van der Waals surface area contributed by atoms with Gasteiger partial charge >= 0.3 is 0 Å². The maximum absolute atomic E-state index is 12.3. The van der Waals surface area contributed by atoms with E-state index in [1.165, 1.54) is 10.7 Å². The van der Waals surface area contributed by atoms with Gasteiger partial charge in [-0.25, -0.2) is 4.68 Å². The van der Waals surface area contributed by atoms with E-state index in [1.54, 1.807) is 31.2 Å². The topological polar surface area (TPSA) is 91.7 Å². The summed E-state index contributed by atoms with van der Waals surface area (Å²) < 4.78 is 17.6. The number of carbonyl (C=O) groups is 1. The van der Waals surface area contributed by atoms with E-state index in [0.29, 0.717) is 22.9 Å². The highest BCUT2D eigenvalue weighted by Gasteiger charge is 2.18. The molecule has 2 heterocycles. The molecule has 1 N–H and O–H groups in total. The first kappa shape index (κ1) is 19.5. The molecule has 0 saturated carbocycles. The van der Waals surface area contributed by atoms with Crippen LogP contribution in [0.4, 0.5) is 0 Å². The Bertz CT molecular complexity index is 1100. The third-order valence-electron chi connectivity index (χ3n) is 4.59. The number of nitrogens with one attached hydrogen (secondary N) is 1. The van der Waals surface area contributed by atoms with Crippen molar-refractivity contribution in [3.05, 3.63) is 71.0 Å². The number of carbonyl (C=O) groups excluding carboxylic acids is 1. The van der Waals surface area contributed by atoms with Crippen LogP contribution in [0, 0.1) is 0 Å². The van der Waals surface area contributed by atoms with Gasteiger partial charge in [0, 0.05) is 24.2 Å². The quantitative estimate of drug-likeness (QED) is 0.646. The lowest BCUT2D eigenvalue weighted by molar-refractivity contribution is -0.127. The Morgan fingerprint density at radius 3 is 2.77 bits per heavy atom. The molecule has 1 aliphatic rings. The minimum Gasteiger partial charge on any atom is -0.481 e. The zero-order valence-corrected chi connectivity index (χ0v) is 16.4. The van der Waals surface area contributed by atoms with Crippen molar-refractivity contribution in [3.63, 3.8) is 0 Å². The minimum absolute atomic E-state index is 0.174. The molecule has 1 atom stereocenters. The number of hydrogen-bond donors (Lipinski definition) is 1. The summed E-state index contributed by atoms with van der Waals surface area (Å²) in [4.78, 5) is 24.4. The van der Waals surface area contributed by atoms with E-state index in [0.717, 1.165) is 5.56 Å². The van der Waals surface area contributed by atoms with E-state index in [-0.39, 0.29) is 31.3 Å². The smallest absolute Gasteiger partial charge is 0.266 e. The summed E-state index contributed by atoms with van der Waals surface area (Å²) in [6.45, 7) is 2.33. The normalized spacial score (nSPS) is 13.0. The fourth-order valence-electron chi connectivity index (χ4n) is 3.01. The molecule has 30 heavy (non-hydrogen) atoms. The summed E-state index contributed by atoms with van der Waals surface area (Å²) in [7, 11) is 0. The molecule has 3 aromatic rings. The molecule has 154 valence electrons. The number of nitrogens with zero attached hydrogens (tertiary/aromatic N) is 2. The second kappa shape index (κ2) is 8.69. The molecular formula is C22H21N3O5. The molecule has 8 nitrogen and oxygen atoms in total. The van der Waals surface area contributed by atoms with Gasteiger partial charge in [-0.05, 0) is 25.1 Å². The van der Waals surface area contributed by atoms with Gasteiger partial charge in [0.2, 0.25) is 6.79 Å². The molecule has 0 spiro atoms. The van der Waals surface area contributed by atoms with Crippen molar-refractivity contribution in [2.24, 2.45) is 0 Å². The molecule has 0 radical (unpaired) electrons. The maximum atomic E-state index is 12.3. The van der Waals surface area contributed by atoms with Crippen molar-refractivity contribution in [1.29, 1.82) is 0 Å². The predicted octanol–water partition coefficient (Wildman–Crippen LogP) is 2.22. The van der Waals surface area contributed by atoms with Crippen LogP contribution < -0.4 is 25.1 Å². The lowest BCUT2D eigenvalue weighted by Gasteiger charge is -2.15. The number of ether oxygens (including phenoxy) is 3. The van der Waals surface area contributed by atoms with E-state index < -0.39 is 6.10 Å². The maximum Gasteiger partial charge on any atom is 0.266 e. The Morgan fingerprint density at radius 2 is 1.93 bits per heavy atom. The van der Waals surface area contributed by atoms with Crippen molar-refractivity contribution >= 4 is 5.91 Å². The molecule has 0 saturated heterocycles. The van der Waals surface area contributed by atoms with Crippen molar-refractivity contribution in [3.8, 4) is 28.5 Å². The fourth-order valence-corrected chi connectivity index (χ4v) is 3.01. The average Bonchev–Trinajstić information content (AvgIpc) is 3.23. The van der Waals surface area contributed by atoms with E-state index in [2.05, 4.69) is 10.4 Å². The third kappa shape index (κ3) is 4.43. The minimum atomic E-state index is -0.717. The van der Waals surface area contributed by atoms with Crippen LogP contribution in [0.5, 0.6) is 17.2 Å². The van der Waals surface area contributed by atoms with Gasteiger partial charge in [-0.15, -0.1) is 0 Å². The van der Waals surface area contributed by atoms with Crippen LogP contribution in [0.25, 0.3) is 11.3 Å². The molecule has 0 unspecified atom stereocenters. The van der Waals surface area contributed by atoms with Gasteiger partial charge < -0.3 is 19.5 Å². The number of amides is 1. The van der Waals surface area contributed by atoms with Gasteiger partial charge in [0.05, 0.1) is 12.2 Å². The summed E-state index contributed by atoms with van der Waals surface area (Å²) in [6, 6.07) is 17.9. The van der Waals surface area contributed by atoms with E-state index in [1.807, 2.05) is 30.3 Å². The Labute approximate surface area is 173 Å². The van der Waals surface area contributed by atoms with Gasteiger partial charge in [0.25, 0.3) is 11.5 Å². The van der Waals surface area contributed by atoms with Crippen molar-refractivity contribution in [2.45, 2.75) is 19.6 Å². The number of aromatic nitrogens is 2. The van der Waals surface area contributed by atoms with E-state index in [4.69, 9.17) is 14.2 Å². The van der Waals surface area contributed by atoms with Gasteiger partial charge in [-0.2, -0.15) is 5.10 Å². The van der Waals surface area contributed by atoms with Gasteiger partial charge in [0.1, 0.15) is 5.75 Å². The van der Waals surface area contributed by atoms with Crippen molar-refractivity contribution in [2.75, 3.05) is 13.3 Å². The summed E-state index contributed by atoms with van der Waals surface area (Å²) in [5.41, 5.74) is 1.38. The molecule has 0 fully saturated rings. The summed E-state index contributed by atoms with van der Waals surface area (Å²) >= 11 is 0. The van der Waals surface area contributed by atoms with Crippen molar-refractivity contribution < 1.29 is 19.0 Å². The Hall–Kier alpha value is -3.81. The molecule has 4 rings (SSSR count). The van der Waals surface area contributed by atoms with Crippen molar-refractivity contribution in [1.82, 2.24) is 15.1 Å². The number of benzene rings is 2. The first-order valence-electron chi connectivity index (χ1n) is 9.58. The second-order valence-corrected chi connectivity index (χ2v) is 6.71. The number of rotatable bonds is 7. The Morgan fingerprint density at radius 1 is 1.13 bits per heavy atom. The van der Waals surface area contributed by atoms with Gasteiger partial charge in [-0.1, -0.05) is 30.3 Å². The summed E-state index contributed by atoms with van der Waals surface area (Å²) in [5, 5.41) is 7.15. The fraction of sp³-hybridized carbons (Fsp3) is 0.227. The summed E-state index contributed by atoms with van der Waals surface area (Å²) in [5.74, 6) is 1.45. The standard InChI is InChI=1S/C22H21N3O5/c1-15(30-17-7-9-19-20(13-17)29-14-28-19)22(27)23-11-12-25-21(26)10-8-18(24-25)16-5-3-2-4-6-16/h2-10,13,15H,11-12,14H2,1H3,(H,23,27)/t15-/m1/s1. The van der Waals surface area contributed by atoms with Crippen LogP contribution in [-0.4, -0.2) is 35.1 Å². The first-order valence-corrected chi connectivity index (χ1v) is 9.58. The molecule has 0 bridgehead atoms. The Balaban J connectivity index is 1.32. The first-order chi connectivity index (χ1) is 14.6. The molecule has 2 aromatic carbocycles. The molecular weight excluding hydrogens is 386 g/mol. The SMILES string of the molecule is C[C@@H](Oc1ccc2c(c1)OCO2)C(=O)NCCn1nc(-c2ccccc2)ccc1=O. The Kier molecular flexibility index (Phi) is 5.65. The molecule has 1 aliphatic heterocycles. The molecule has 1 amide bonds. The lowest BCUT2D eigenvalue weighted by Crippen LogP contribution is -2.39. The zero-order chi connectivity index (χ0) is 20.9. The van der Waals surface area contributed by atoms with E-state index >= 15 is 0 Å². The van der Waals surface area contributed by atoms with Gasteiger partial charge in [-0.3, -0.25) is 9.59 Å². The van der Waals surface area contributed by atoms with E-state index in [9.17, 15) is 9.59 Å². The number of hydrogen-bond acceptors (Lipinski definition) is 6. The van der Waals surface area contributed by atoms with Gasteiger partial charge in [0.15, 0.2) is 17.6 Å². The summed E-state index contributed by atoms with van der Waals surface area (Å²) in [6.07, 6.45) is -0.717. The number of fused-ring (bicyclic) bond motifs is 1. The van der Waals surface area contributed by atoms with Crippen LogP contribution in [-0.2, 0) is 11.3 Å². The van der Waals surface area contributed by atoms with Crippen LogP contribution in [0.2, 0.25) is 0 Å². The third-order valence-corrected chi connectivity index (χ3v) is 4.59. The van der Waals surface area contributed by atoms with Crippen LogP contribution in [0.1, 0.15) is 6.92 Å². The molecule has 0 aliphatic carbocycles. The molecule has 1 aromatic heterocycles.